The van der Waals surface area contributed by atoms with Crippen LogP contribution < -0.4 is 11.1 Å². The minimum Gasteiger partial charge on any atom is -0.384 e. The third-order valence-corrected chi connectivity index (χ3v) is 2.89. The van der Waals surface area contributed by atoms with Crippen molar-refractivity contribution < 1.29 is 0 Å². The van der Waals surface area contributed by atoms with Gasteiger partial charge in [0.15, 0.2) is 0 Å². The summed E-state index contributed by atoms with van der Waals surface area (Å²) >= 11 is 1.90. The molecule has 5 heteroatoms. The first kappa shape index (κ1) is 13.1. The number of nitrogen functional groups attached to an aromatic ring is 1. The van der Waals surface area contributed by atoms with Gasteiger partial charge in [0.1, 0.15) is 17.5 Å². The van der Waals surface area contributed by atoms with Gasteiger partial charge in [-0.05, 0) is 31.8 Å². The van der Waals surface area contributed by atoms with Gasteiger partial charge in [0.25, 0.3) is 0 Å². The molecular weight excluding hydrogens is 220 g/mol. The van der Waals surface area contributed by atoms with E-state index in [0.29, 0.717) is 11.6 Å². The van der Waals surface area contributed by atoms with Crippen molar-refractivity contribution in [3.8, 4) is 0 Å². The van der Waals surface area contributed by atoms with Crippen LogP contribution in [0.4, 0.5) is 11.6 Å². The van der Waals surface area contributed by atoms with Crippen molar-refractivity contribution in [3.63, 3.8) is 0 Å². The van der Waals surface area contributed by atoms with Crippen LogP contribution >= 0.6 is 11.8 Å². The summed E-state index contributed by atoms with van der Waals surface area (Å²) in [6.45, 7) is 2.80. The number of aromatic nitrogens is 2. The fourth-order valence-corrected chi connectivity index (χ4v) is 1.94. The van der Waals surface area contributed by atoms with Crippen molar-refractivity contribution in [2.45, 2.75) is 26.2 Å². The molecule has 1 heterocycles. The Bertz CT molecular complexity index is 297. The zero-order chi connectivity index (χ0) is 11.8. The van der Waals surface area contributed by atoms with Crippen LogP contribution in [0.15, 0.2) is 6.07 Å². The first-order valence-corrected chi connectivity index (χ1v) is 6.95. The fourth-order valence-electron chi connectivity index (χ4n) is 1.45. The number of hydrogen-bond acceptors (Lipinski definition) is 5. The van der Waals surface area contributed by atoms with Gasteiger partial charge in [0.05, 0.1) is 0 Å². The zero-order valence-corrected chi connectivity index (χ0v) is 10.8. The fraction of sp³-hybridized carbons (Fsp3) is 0.636. The van der Waals surface area contributed by atoms with Crippen molar-refractivity contribution in [2.75, 3.05) is 29.6 Å². The predicted octanol–water partition coefficient (Wildman–Crippen LogP) is 2.31. The lowest BCUT2D eigenvalue weighted by atomic mass is 10.2. The summed E-state index contributed by atoms with van der Waals surface area (Å²) in [6, 6.07) is 1.77. The van der Waals surface area contributed by atoms with E-state index < -0.39 is 0 Å². The first-order valence-electron chi connectivity index (χ1n) is 5.56. The van der Waals surface area contributed by atoms with E-state index in [1.54, 1.807) is 6.07 Å². The number of anilines is 2. The second-order valence-electron chi connectivity index (χ2n) is 3.71. The molecule has 0 spiro atoms. The molecule has 0 amide bonds. The number of nitrogens with one attached hydrogen (secondary N) is 1. The molecule has 0 aliphatic heterocycles. The van der Waals surface area contributed by atoms with E-state index in [1.807, 2.05) is 18.7 Å². The maximum Gasteiger partial charge on any atom is 0.131 e. The van der Waals surface area contributed by atoms with Crippen molar-refractivity contribution in [2.24, 2.45) is 0 Å². The standard InChI is InChI=1S/C11H20N4S/c1-9-14-10(12)8-11(15-9)13-6-4-3-5-7-16-2/h8H,3-7H2,1-2H3,(H3,12,13,14,15). The normalized spacial score (nSPS) is 10.4. The smallest absolute Gasteiger partial charge is 0.131 e. The van der Waals surface area contributed by atoms with E-state index in [2.05, 4.69) is 21.5 Å². The number of aryl methyl sites for hydroxylation is 1. The van der Waals surface area contributed by atoms with Crippen LogP contribution in [0.2, 0.25) is 0 Å². The molecule has 0 atom stereocenters. The summed E-state index contributed by atoms with van der Waals surface area (Å²) in [5.74, 6) is 3.32. The number of unbranched alkanes of at least 4 members (excludes halogenated alkanes) is 2. The lowest BCUT2D eigenvalue weighted by molar-refractivity contribution is 0.747. The van der Waals surface area contributed by atoms with Crippen molar-refractivity contribution >= 4 is 23.4 Å². The van der Waals surface area contributed by atoms with Gasteiger partial charge in [-0.25, -0.2) is 9.97 Å². The maximum atomic E-state index is 5.64. The third kappa shape index (κ3) is 5.21. The molecule has 0 aromatic carbocycles. The number of nitrogens with zero attached hydrogens (tertiary/aromatic N) is 2. The molecule has 1 aromatic rings. The van der Waals surface area contributed by atoms with Crippen molar-refractivity contribution in [3.05, 3.63) is 11.9 Å². The summed E-state index contributed by atoms with van der Waals surface area (Å²) in [4.78, 5) is 8.29. The quantitative estimate of drug-likeness (QED) is 0.716. The number of hydrogen-bond donors (Lipinski definition) is 2. The molecule has 0 saturated heterocycles. The Morgan fingerprint density at radius 2 is 2.12 bits per heavy atom. The van der Waals surface area contributed by atoms with Crippen LogP contribution in [-0.4, -0.2) is 28.5 Å². The minimum absolute atomic E-state index is 0.525. The molecular formula is C11H20N4S. The summed E-state index contributed by atoms with van der Waals surface area (Å²) in [5, 5.41) is 3.27. The Kier molecular flexibility index (Phi) is 6.00. The van der Waals surface area contributed by atoms with Gasteiger partial charge in [0.2, 0.25) is 0 Å². The van der Waals surface area contributed by atoms with Crippen LogP contribution in [0.25, 0.3) is 0 Å². The average molecular weight is 240 g/mol. The summed E-state index contributed by atoms with van der Waals surface area (Å²) < 4.78 is 0. The van der Waals surface area contributed by atoms with Gasteiger partial charge in [0, 0.05) is 12.6 Å². The van der Waals surface area contributed by atoms with Gasteiger partial charge >= 0.3 is 0 Å². The lowest BCUT2D eigenvalue weighted by Crippen LogP contribution is -2.06. The molecule has 90 valence electrons. The summed E-state index contributed by atoms with van der Waals surface area (Å²) in [6.07, 6.45) is 5.86. The molecule has 0 saturated carbocycles. The molecule has 1 aromatic heterocycles. The largest absolute Gasteiger partial charge is 0.384 e. The van der Waals surface area contributed by atoms with E-state index in [9.17, 15) is 0 Å². The van der Waals surface area contributed by atoms with Gasteiger partial charge in [-0.15, -0.1) is 0 Å². The SMILES string of the molecule is CSCCCCCNc1cc(N)nc(C)n1. The highest BCUT2D eigenvalue weighted by atomic mass is 32.2. The van der Waals surface area contributed by atoms with Gasteiger partial charge in [-0.3, -0.25) is 0 Å². The van der Waals surface area contributed by atoms with E-state index in [4.69, 9.17) is 5.73 Å². The molecule has 0 bridgehead atoms. The maximum absolute atomic E-state index is 5.64. The molecule has 0 unspecified atom stereocenters. The molecule has 16 heavy (non-hydrogen) atoms. The number of rotatable bonds is 7. The Morgan fingerprint density at radius 1 is 1.31 bits per heavy atom. The van der Waals surface area contributed by atoms with Crippen LogP contribution in [-0.2, 0) is 0 Å². The van der Waals surface area contributed by atoms with Crippen LogP contribution in [0, 0.1) is 6.92 Å². The van der Waals surface area contributed by atoms with Crippen LogP contribution in [0.3, 0.4) is 0 Å². The lowest BCUT2D eigenvalue weighted by Gasteiger charge is -2.06. The number of thioether (sulfide) groups is 1. The first-order chi connectivity index (χ1) is 7.72. The van der Waals surface area contributed by atoms with Crippen molar-refractivity contribution in [1.82, 2.24) is 9.97 Å². The molecule has 0 aliphatic carbocycles. The predicted molar refractivity (Wildman–Crippen MR) is 71.9 cm³/mol. The number of nitrogens with two attached hydrogens (primary N) is 1. The van der Waals surface area contributed by atoms with Crippen LogP contribution in [0.5, 0.6) is 0 Å². The highest BCUT2D eigenvalue weighted by molar-refractivity contribution is 7.98. The van der Waals surface area contributed by atoms with E-state index >= 15 is 0 Å². The minimum atomic E-state index is 0.525. The molecule has 0 fully saturated rings. The second kappa shape index (κ2) is 7.33. The zero-order valence-electron chi connectivity index (χ0n) is 9.99. The molecule has 4 nitrogen and oxygen atoms in total. The Morgan fingerprint density at radius 3 is 2.81 bits per heavy atom. The van der Waals surface area contributed by atoms with Gasteiger partial charge in [-0.1, -0.05) is 6.42 Å². The van der Waals surface area contributed by atoms with Gasteiger partial charge in [-0.2, -0.15) is 11.8 Å². The van der Waals surface area contributed by atoms with Gasteiger partial charge < -0.3 is 11.1 Å². The topological polar surface area (TPSA) is 63.8 Å². The highest BCUT2D eigenvalue weighted by Gasteiger charge is 1.97. The Hall–Kier alpha value is -0.970. The monoisotopic (exact) mass is 240 g/mol. The Balaban J connectivity index is 2.21. The summed E-state index contributed by atoms with van der Waals surface area (Å²) in [5.41, 5.74) is 5.64. The second-order valence-corrected chi connectivity index (χ2v) is 4.69. The van der Waals surface area contributed by atoms with Crippen molar-refractivity contribution in [1.29, 1.82) is 0 Å². The molecule has 0 radical (unpaired) electrons. The third-order valence-electron chi connectivity index (χ3n) is 2.19. The molecule has 0 aliphatic rings. The van der Waals surface area contributed by atoms with E-state index in [1.165, 1.54) is 25.0 Å². The van der Waals surface area contributed by atoms with Crippen LogP contribution in [0.1, 0.15) is 25.1 Å². The molecule has 1 rings (SSSR count). The summed E-state index contributed by atoms with van der Waals surface area (Å²) in [7, 11) is 0. The highest BCUT2D eigenvalue weighted by Crippen LogP contribution is 2.08. The van der Waals surface area contributed by atoms with E-state index in [-0.39, 0.29) is 0 Å². The molecule has 3 N–H and O–H groups in total. The van der Waals surface area contributed by atoms with E-state index in [0.717, 1.165) is 12.4 Å². The Labute approximate surface area is 101 Å². The average Bonchev–Trinajstić information content (AvgIpc) is 2.22.